The highest BCUT2D eigenvalue weighted by Gasteiger charge is 2.19. The Balaban J connectivity index is 2.33. The van der Waals surface area contributed by atoms with Gasteiger partial charge in [0.25, 0.3) is 5.56 Å². The van der Waals surface area contributed by atoms with Gasteiger partial charge in [-0.1, -0.05) is 6.92 Å². The van der Waals surface area contributed by atoms with E-state index in [0.717, 1.165) is 38.0 Å². The monoisotopic (exact) mass is 277 g/mol. The first-order chi connectivity index (χ1) is 9.56. The van der Waals surface area contributed by atoms with Crippen molar-refractivity contribution in [1.29, 1.82) is 0 Å². The van der Waals surface area contributed by atoms with Gasteiger partial charge in [-0.2, -0.15) is 0 Å². The molecule has 0 amide bonds. The Morgan fingerprint density at radius 3 is 2.80 bits per heavy atom. The number of likely N-dealkylation sites (N-methyl/N-ethyl adjacent to an activating group) is 1. The predicted molar refractivity (Wildman–Crippen MR) is 83.0 cm³/mol. The SMILES string of the molecule is CCC(C)NCc1cc2c(n(CC)c1=O)CCN(C)C2. The molecule has 1 aliphatic heterocycles. The molecule has 2 rings (SSSR count). The molecule has 0 spiro atoms. The topological polar surface area (TPSA) is 37.3 Å². The Bertz CT molecular complexity index is 521. The summed E-state index contributed by atoms with van der Waals surface area (Å²) in [6.07, 6.45) is 2.06. The third kappa shape index (κ3) is 3.13. The molecule has 1 aromatic heterocycles. The summed E-state index contributed by atoms with van der Waals surface area (Å²) in [5.41, 5.74) is 3.65. The van der Waals surface area contributed by atoms with Gasteiger partial charge < -0.3 is 14.8 Å². The number of nitrogens with zero attached hydrogens (tertiary/aromatic N) is 2. The Morgan fingerprint density at radius 2 is 2.15 bits per heavy atom. The molecular weight excluding hydrogens is 250 g/mol. The average molecular weight is 277 g/mol. The van der Waals surface area contributed by atoms with Crippen LogP contribution >= 0.6 is 0 Å². The van der Waals surface area contributed by atoms with Crippen molar-refractivity contribution >= 4 is 0 Å². The van der Waals surface area contributed by atoms with E-state index in [0.29, 0.717) is 12.6 Å². The zero-order valence-corrected chi connectivity index (χ0v) is 13.2. The lowest BCUT2D eigenvalue weighted by atomic mass is 10.0. The second-order valence-electron chi connectivity index (χ2n) is 5.87. The van der Waals surface area contributed by atoms with Gasteiger partial charge in [0.2, 0.25) is 0 Å². The van der Waals surface area contributed by atoms with Crippen molar-refractivity contribution in [1.82, 2.24) is 14.8 Å². The number of nitrogens with one attached hydrogen (secondary N) is 1. The molecule has 0 bridgehead atoms. The van der Waals surface area contributed by atoms with Crippen molar-refractivity contribution < 1.29 is 0 Å². The van der Waals surface area contributed by atoms with E-state index >= 15 is 0 Å². The fraction of sp³-hybridized carbons (Fsp3) is 0.688. The molecule has 20 heavy (non-hydrogen) atoms. The van der Waals surface area contributed by atoms with E-state index in [2.05, 4.69) is 44.1 Å². The summed E-state index contributed by atoms with van der Waals surface area (Å²) in [6.45, 7) is 9.80. The van der Waals surface area contributed by atoms with Gasteiger partial charge in [-0.25, -0.2) is 0 Å². The summed E-state index contributed by atoms with van der Waals surface area (Å²) >= 11 is 0. The maximum atomic E-state index is 12.6. The van der Waals surface area contributed by atoms with Gasteiger partial charge in [-0.3, -0.25) is 4.79 Å². The predicted octanol–water partition coefficient (Wildman–Crippen LogP) is 1.74. The largest absolute Gasteiger partial charge is 0.312 e. The summed E-state index contributed by atoms with van der Waals surface area (Å²) < 4.78 is 1.97. The summed E-state index contributed by atoms with van der Waals surface area (Å²) in [6, 6.07) is 2.57. The molecule has 1 N–H and O–H groups in total. The van der Waals surface area contributed by atoms with Crippen molar-refractivity contribution in [3.8, 4) is 0 Å². The van der Waals surface area contributed by atoms with E-state index < -0.39 is 0 Å². The lowest BCUT2D eigenvalue weighted by Crippen LogP contribution is -2.37. The maximum absolute atomic E-state index is 12.6. The molecule has 4 heteroatoms. The molecule has 1 atom stereocenters. The van der Waals surface area contributed by atoms with Crippen molar-refractivity contribution in [3.63, 3.8) is 0 Å². The molecule has 0 aromatic carbocycles. The van der Waals surface area contributed by atoms with E-state index in [1.807, 2.05) is 4.57 Å². The number of hydrogen-bond acceptors (Lipinski definition) is 3. The lowest BCUT2D eigenvalue weighted by molar-refractivity contribution is 0.304. The normalized spacial score (nSPS) is 17.0. The van der Waals surface area contributed by atoms with E-state index in [4.69, 9.17) is 0 Å². The van der Waals surface area contributed by atoms with Gasteiger partial charge >= 0.3 is 0 Å². The molecule has 1 aliphatic rings. The van der Waals surface area contributed by atoms with Gasteiger partial charge in [0.1, 0.15) is 0 Å². The van der Waals surface area contributed by atoms with E-state index in [1.54, 1.807) is 0 Å². The van der Waals surface area contributed by atoms with Gasteiger partial charge in [0.15, 0.2) is 0 Å². The molecule has 0 saturated carbocycles. The Hall–Kier alpha value is -1.13. The number of hydrogen-bond donors (Lipinski definition) is 1. The van der Waals surface area contributed by atoms with Gasteiger partial charge in [0.05, 0.1) is 0 Å². The number of fused-ring (bicyclic) bond motifs is 1. The number of aromatic nitrogens is 1. The fourth-order valence-corrected chi connectivity index (χ4v) is 2.81. The van der Waals surface area contributed by atoms with Crippen LogP contribution in [-0.4, -0.2) is 29.1 Å². The van der Waals surface area contributed by atoms with Crippen LogP contribution in [0.4, 0.5) is 0 Å². The van der Waals surface area contributed by atoms with Crippen LogP contribution in [-0.2, 0) is 26.1 Å². The fourth-order valence-electron chi connectivity index (χ4n) is 2.81. The average Bonchev–Trinajstić information content (AvgIpc) is 2.45. The Kier molecular flexibility index (Phi) is 5.00. The second kappa shape index (κ2) is 6.55. The third-order valence-corrected chi connectivity index (χ3v) is 4.30. The van der Waals surface area contributed by atoms with Crippen LogP contribution < -0.4 is 10.9 Å². The first kappa shape index (κ1) is 15.3. The molecular formula is C16H27N3O. The molecule has 0 saturated heterocycles. The van der Waals surface area contributed by atoms with Crippen molar-refractivity contribution in [3.05, 3.63) is 33.2 Å². The summed E-state index contributed by atoms with van der Waals surface area (Å²) in [5.74, 6) is 0. The molecule has 2 heterocycles. The number of pyridine rings is 1. The first-order valence-corrected chi connectivity index (χ1v) is 7.73. The van der Waals surface area contributed by atoms with Gasteiger partial charge in [-0.05, 0) is 38.9 Å². The standard InChI is InChI=1S/C16H27N3O/c1-5-12(3)17-10-13-9-14-11-18(4)8-7-15(14)19(6-2)16(13)20/h9,12,17H,5-8,10-11H2,1-4H3. The smallest absolute Gasteiger partial charge is 0.255 e. The van der Waals surface area contributed by atoms with Crippen LogP contribution in [0.15, 0.2) is 10.9 Å². The van der Waals surface area contributed by atoms with Gasteiger partial charge in [-0.15, -0.1) is 0 Å². The van der Waals surface area contributed by atoms with Crippen LogP contribution in [0.5, 0.6) is 0 Å². The minimum atomic E-state index is 0.187. The zero-order chi connectivity index (χ0) is 14.7. The highest BCUT2D eigenvalue weighted by molar-refractivity contribution is 5.29. The number of rotatable bonds is 5. The summed E-state index contributed by atoms with van der Waals surface area (Å²) in [5, 5.41) is 3.43. The van der Waals surface area contributed by atoms with Crippen molar-refractivity contribution in [2.24, 2.45) is 0 Å². The Morgan fingerprint density at radius 1 is 1.40 bits per heavy atom. The highest BCUT2D eigenvalue weighted by atomic mass is 16.1. The van der Waals surface area contributed by atoms with Crippen molar-refractivity contribution in [2.45, 2.75) is 59.3 Å². The van der Waals surface area contributed by atoms with Crippen LogP contribution in [0.25, 0.3) is 0 Å². The van der Waals surface area contributed by atoms with Gasteiger partial charge in [0, 0.05) is 49.9 Å². The molecule has 1 aromatic rings. The van der Waals surface area contributed by atoms with Crippen LogP contribution in [0.2, 0.25) is 0 Å². The van der Waals surface area contributed by atoms with E-state index in [9.17, 15) is 4.79 Å². The van der Waals surface area contributed by atoms with Crippen LogP contribution in [0, 0.1) is 0 Å². The minimum absolute atomic E-state index is 0.187. The Labute approximate surface area is 121 Å². The maximum Gasteiger partial charge on any atom is 0.255 e. The molecule has 0 aliphatic carbocycles. The molecule has 0 radical (unpaired) electrons. The lowest BCUT2D eigenvalue weighted by Gasteiger charge is -2.28. The highest BCUT2D eigenvalue weighted by Crippen LogP contribution is 2.17. The molecule has 1 unspecified atom stereocenters. The molecule has 4 nitrogen and oxygen atoms in total. The van der Waals surface area contributed by atoms with E-state index in [1.165, 1.54) is 11.3 Å². The van der Waals surface area contributed by atoms with Crippen LogP contribution in [0.1, 0.15) is 44.0 Å². The minimum Gasteiger partial charge on any atom is -0.312 e. The quantitative estimate of drug-likeness (QED) is 0.891. The summed E-state index contributed by atoms with van der Waals surface area (Å²) in [7, 11) is 2.14. The first-order valence-electron chi connectivity index (χ1n) is 7.73. The molecule has 0 fully saturated rings. The molecule has 112 valence electrons. The van der Waals surface area contributed by atoms with Crippen LogP contribution in [0.3, 0.4) is 0 Å². The van der Waals surface area contributed by atoms with E-state index in [-0.39, 0.29) is 5.56 Å². The second-order valence-corrected chi connectivity index (χ2v) is 5.87. The zero-order valence-electron chi connectivity index (χ0n) is 13.2. The summed E-state index contributed by atoms with van der Waals surface area (Å²) in [4.78, 5) is 14.9. The van der Waals surface area contributed by atoms with Crippen molar-refractivity contribution in [2.75, 3.05) is 13.6 Å². The third-order valence-electron chi connectivity index (χ3n) is 4.30.